The molecule has 1 aromatic heterocycles. The van der Waals surface area contributed by atoms with Crippen LogP contribution in [0.15, 0.2) is 12.3 Å². The fraction of sp³-hybridized carbons (Fsp3) is 0.364. The number of nitrogens with zero attached hydrogens (tertiary/aromatic N) is 1. The van der Waals surface area contributed by atoms with E-state index in [2.05, 4.69) is 26.2 Å². The molecule has 17 heavy (non-hydrogen) atoms. The lowest BCUT2D eigenvalue weighted by Crippen LogP contribution is -2.39. The van der Waals surface area contributed by atoms with E-state index in [4.69, 9.17) is 0 Å². The molecular formula is C11H10BrFN2O2. The molecule has 1 aromatic rings. The van der Waals surface area contributed by atoms with Crippen LogP contribution < -0.4 is 5.32 Å². The van der Waals surface area contributed by atoms with Crippen LogP contribution in [0.1, 0.15) is 30.0 Å². The molecule has 1 fully saturated rings. The molecule has 1 unspecified atom stereocenters. The fourth-order valence-corrected chi connectivity index (χ4v) is 2.15. The van der Waals surface area contributed by atoms with Gasteiger partial charge in [0.2, 0.25) is 11.8 Å². The van der Waals surface area contributed by atoms with E-state index in [9.17, 15) is 14.0 Å². The quantitative estimate of drug-likeness (QED) is 0.667. The molecule has 0 bridgehead atoms. The lowest BCUT2D eigenvalue weighted by atomic mass is 9.94. The number of piperidine rings is 1. The van der Waals surface area contributed by atoms with Crippen molar-refractivity contribution in [3.8, 4) is 0 Å². The van der Waals surface area contributed by atoms with Gasteiger partial charge in [0.1, 0.15) is 5.82 Å². The zero-order chi connectivity index (χ0) is 12.4. The van der Waals surface area contributed by atoms with Gasteiger partial charge in [-0.1, -0.05) is 15.9 Å². The van der Waals surface area contributed by atoms with E-state index in [1.54, 1.807) is 0 Å². The fourth-order valence-electron chi connectivity index (χ4n) is 1.74. The van der Waals surface area contributed by atoms with E-state index in [0.717, 1.165) is 0 Å². The zero-order valence-electron chi connectivity index (χ0n) is 8.87. The Hall–Kier alpha value is -1.30. The van der Waals surface area contributed by atoms with E-state index >= 15 is 0 Å². The van der Waals surface area contributed by atoms with Gasteiger partial charge in [0.15, 0.2) is 0 Å². The molecule has 0 radical (unpaired) electrons. The highest BCUT2D eigenvalue weighted by atomic mass is 79.9. The molecule has 1 saturated heterocycles. The summed E-state index contributed by atoms with van der Waals surface area (Å²) < 4.78 is 13.5. The number of hydrogen-bond donors (Lipinski definition) is 1. The van der Waals surface area contributed by atoms with Crippen LogP contribution in [0, 0.1) is 5.82 Å². The number of amides is 2. The Morgan fingerprint density at radius 2 is 2.29 bits per heavy atom. The number of imide groups is 1. The SMILES string of the molecule is O=C1CCC(c2cc(F)c(CBr)cn2)C(=O)N1. The third-order valence-corrected chi connectivity index (χ3v) is 3.30. The first kappa shape index (κ1) is 12.2. The monoisotopic (exact) mass is 300 g/mol. The summed E-state index contributed by atoms with van der Waals surface area (Å²) in [6.45, 7) is 0. The van der Waals surface area contributed by atoms with Gasteiger partial charge in [-0.05, 0) is 12.5 Å². The van der Waals surface area contributed by atoms with Gasteiger partial charge in [-0.25, -0.2) is 4.39 Å². The predicted molar refractivity (Wildman–Crippen MR) is 62.0 cm³/mol. The van der Waals surface area contributed by atoms with Crippen molar-refractivity contribution in [3.63, 3.8) is 0 Å². The van der Waals surface area contributed by atoms with Crippen molar-refractivity contribution in [2.75, 3.05) is 0 Å². The lowest BCUT2D eigenvalue weighted by Gasteiger charge is -2.20. The molecule has 1 aliphatic rings. The van der Waals surface area contributed by atoms with Gasteiger partial charge in [-0.2, -0.15) is 0 Å². The Balaban J connectivity index is 2.25. The summed E-state index contributed by atoms with van der Waals surface area (Å²) in [5, 5.41) is 2.60. The average molecular weight is 301 g/mol. The maximum absolute atomic E-state index is 13.5. The van der Waals surface area contributed by atoms with E-state index in [-0.39, 0.29) is 12.3 Å². The van der Waals surface area contributed by atoms with E-state index < -0.39 is 17.6 Å². The Bertz CT molecular complexity index is 479. The van der Waals surface area contributed by atoms with Crippen molar-refractivity contribution in [2.24, 2.45) is 0 Å². The second-order valence-corrected chi connectivity index (χ2v) is 4.40. The van der Waals surface area contributed by atoms with Gasteiger partial charge in [0.05, 0.1) is 11.6 Å². The zero-order valence-corrected chi connectivity index (χ0v) is 10.5. The topological polar surface area (TPSA) is 59.1 Å². The number of halogens is 2. The number of aromatic nitrogens is 1. The van der Waals surface area contributed by atoms with Crippen LogP contribution in [0.25, 0.3) is 0 Å². The first-order valence-electron chi connectivity index (χ1n) is 5.16. The Morgan fingerprint density at radius 1 is 1.53 bits per heavy atom. The van der Waals surface area contributed by atoms with Crippen LogP contribution in [-0.4, -0.2) is 16.8 Å². The summed E-state index contributed by atoms with van der Waals surface area (Å²) in [5.41, 5.74) is 0.818. The van der Waals surface area contributed by atoms with E-state index in [1.165, 1.54) is 12.3 Å². The van der Waals surface area contributed by atoms with Gasteiger partial charge in [-0.15, -0.1) is 0 Å². The molecule has 90 valence electrons. The molecule has 6 heteroatoms. The summed E-state index contributed by atoms with van der Waals surface area (Å²) >= 11 is 3.14. The first-order valence-corrected chi connectivity index (χ1v) is 6.28. The number of carbonyl (C=O) groups excluding carboxylic acids is 2. The Kier molecular flexibility index (Phi) is 3.51. The van der Waals surface area contributed by atoms with Gasteiger partial charge in [-0.3, -0.25) is 19.9 Å². The summed E-state index contributed by atoms with van der Waals surface area (Å²) in [6.07, 6.45) is 2.05. The van der Waals surface area contributed by atoms with Gasteiger partial charge in [0.25, 0.3) is 0 Å². The number of nitrogens with one attached hydrogen (secondary N) is 1. The van der Waals surface area contributed by atoms with Crippen molar-refractivity contribution in [1.82, 2.24) is 10.3 Å². The Morgan fingerprint density at radius 3 is 2.88 bits per heavy atom. The lowest BCUT2D eigenvalue weighted by molar-refractivity contribution is -0.134. The molecule has 2 amide bonds. The summed E-state index contributed by atoms with van der Waals surface area (Å²) in [5.74, 6) is -1.62. The number of hydrogen-bond acceptors (Lipinski definition) is 3. The molecule has 1 N–H and O–H groups in total. The van der Waals surface area contributed by atoms with Gasteiger partial charge in [0, 0.05) is 23.5 Å². The smallest absolute Gasteiger partial charge is 0.235 e. The molecule has 2 heterocycles. The second-order valence-electron chi connectivity index (χ2n) is 3.84. The summed E-state index contributed by atoms with van der Waals surface area (Å²) in [4.78, 5) is 26.6. The third-order valence-electron chi connectivity index (χ3n) is 2.69. The van der Waals surface area contributed by atoms with E-state index in [1.807, 2.05) is 0 Å². The Labute approximate surface area is 106 Å². The largest absolute Gasteiger partial charge is 0.296 e. The number of carbonyl (C=O) groups is 2. The summed E-state index contributed by atoms with van der Waals surface area (Å²) in [6, 6.07) is 1.26. The highest BCUT2D eigenvalue weighted by molar-refractivity contribution is 9.08. The normalized spacial score (nSPS) is 20.2. The van der Waals surface area contributed by atoms with Crippen molar-refractivity contribution < 1.29 is 14.0 Å². The standard InChI is InChI=1S/C11H10BrFN2O2/c12-4-6-5-14-9(3-8(6)13)7-1-2-10(16)15-11(7)17/h3,5,7H,1-2,4H2,(H,15,16,17). The van der Waals surface area contributed by atoms with Crippen LogP contribution in [0.3, 0.4) is 0 Å². The highest BCUT2D eigenvalue weighted by Crippen LogP contribution is 2.24. The number of pyridine rings is 1. The molecule has 0 saturated carbocycles. The van der Waals surface area contributed by atoms with Crippen molar-refractivity contribution in [3.05, 3.63) is 29.3 Å². The van der Waals surface area contributed by atoms with Crippen LogP contribution in [0.5, 0.6) is 0 Å². The maximum Gasteiger partial charge on any atom is 0.235 e. The molecule has 4 nitrogen and oxygen atoms in total. The van der Waals surface area contributed by atoms with Gasteiger partial charge < -0.3 is 0 Å². The van der Waals surface area contributed by atoms with Crippen LogP contribution in [-0.2, 0) is 14.9 Å². The molecular weight excluding hydrogens is 291 g/mol. The molecule has 0 aliphatic carbocycles. The third kappa shape index (κ3) is 2.52. The molecule has 0 aromatic carbocycles. The van der Waals surface area contributed by atoms with Crippen molar-refractivity contribution in [2.45, 2.75) is 24.1 Å². The average Bonchev–Trinajstić information content (AvgIpc) is 2.29. The minimum Gasteiger partial charge on any atom is -0.296 e. The molecule has 0 spiro atoms. The maximum atomic E-state index is 13.5. The van der Waals surface area contributed by atoms with Crippen LogP contribution in [0.2, 0.25) is 0 Å². The number of alkyl halides is 1. The molecule has 1 atom stereocenters. The highest BCUT2D eigenvalue weighted by Gasteiger charge is 2.29. The van der Waals surface area contributed by atoms with E-state index in [0.29, 0.717) is 23.0 Å². The first-order chi connectivity index (χ1) is 8.11. The predicted octanol–water partition coefficient (Wildman–Crippen LogP) is 1.64. The molecule has 1 aliphatic heterocycles. The summed E-state index contributed by atoms with van der Waals surface area (Å²) in [7, 11) is 0. The molecule has 2 rings (SSSR count). The minimum absolute atomic E-state index is 0.264. The van der Waals surface area contributed by atoms with Crippen molar-refractivity contribution >= 4 is 27.7 Å². The van der Waals surface area contributed by atoms with Gasteiger partial charge >= 0.3 is 0 Å². The minimum atomic E-state index is -0.536. The van der Waals surface area contributed by atoms with Crippen molar-refractivity contribution in [1.29, 1.82) is 0 Å². The van der Waals surface area contributed by atoms with Crippen LogP contribution in [0.4, 0.5) is 4.39 Å². The second kappa shape index (κ2) is 4.91. The van der Waals surface area contributed by atoms with Crippen LogP contribution >= 0.6 is 15.9 Å². The number of rotatable bonds is 2.